The van der Waals surface area contributed by atoms with Crippen LogP contribution in [-0.4, -0.2) is 9.78 Å². The number of rotatable bonds is 5. The fraction of sp³-hybridized carbons (Fsp3) is 0.438. The molecule has 2 rings (SSSR count). The van der Waals surface area contributed by atoms with Gasteiger partial charge in [0.2, 0.25) is 0 Å². The topological polar surface area (TPSA) is 53.1 Å². The van der Waals surface area contributed by atoms with Gasteiger partial charge in [-0.05, 0) is 33.8 Å². The molecule has 114 valence electrons. The van der Waals surface area contributed by atoms with Gasteiger partial charge >= 0.3 is 0 Å². The van der Waals surface area contributed by atoms with Gasteiger partial charge in [-0.25, -0.2) is 0 Å². The zero-order valence-electron chi connectivity index (χ0n) is 13.0. The molecule has 0 aliphatic carbocycles. The standard InChI is InChI=1S/C16H22ClN3O/c1-5-20-14(16(17)12(4)19-20)9-21-15-7-6-10(2)8-13(15)11(3)18/h6-8,11H,5,9,18H2,1-4H3/t11-/m0/s1. The molecule has 4 nitrogen and oxygen atoms in total. The normalized spacial score (nSPS) is 12.5. The van der Waals surface area contributed by atoms with Crippen LogP contribution in [0.15, 0.2) is 18.2 Å². The van der Waals surface area contributed by atoms with E-state index in [-0.39, 0.29) is 6.04 Å². The summed E-state index contributed by atoms with van der Waals surface area (Å²) in [7, 11) is 0. The zero-order valence-corrected chi connectivity index (χ0v) is 13.7. The van der Waals surface area contributed by atoms with Crippen LogP contribution < -0.4 is 10.5 Å². The highest BCUT2D eigenvalue weighted by atomic mass is 35.5. The largest absolute Gasteiger partial charge is 0.487 e. The number of nitrogens with zero attached hydrogens (tertiary/aromatic N) is 2. The first kappa shape index (κ1) is 15.9. The average Bonchev–Trinajstić information content (AvgIpc) is 2.72. The monoisotopic (exact) mass is 307 g/mol. The first-order chi connectivity index (χ1) is 9.93. The summed E-state index contributed by atoms with van der Waals surface area (Å²) in [4.78, 5) is 0. The Morgan fingerprint density at radius 3 is 2.71 bits per heavy atom. The van der Waals surface area contributed by atoms with Gasteiger partial charge in [-0.15, -0.1) is 0 Å². The summed E-state index contributed by atoms with van der Waals surface area (Å²) in [5, 5.41) is 5.07. The average molecular weight is 308 g/mol. The highest BCUT2D eigenvalue weighted by Gasteiger charge is 2.15. The summed E-state index contributed by atoms with van der Waals surface area (Å²) >= 11 is 6.30. The van der Waals surface area contributed by atoms with Crippen molar-refractivity contribution in [2.45, 2.75) is 46.9 Å². The minimum absolute atomic E-state index is 0.0757. The minimum Gasteiger partial charge on any atom is -0.487 e. The van der Waals surface area contributed by atoms with Crippen LogP contribution in [0.1, 0.15) is 42.4 Å². The Morgan fingerprint density at radius 2 is 2.10 bits per heavy atom. The first-order valence-corrected chi connectivity index (χ1v) is 7.52. The second kappa shape index (κ2) is 6.50. The van der Waals surface area contributed by atoms with Crippen LogP contribution in [0.25, 0.3) is 0 Å². The lowest BCUT2D eigenvalue weighted by molar-refractivity contribution is 0.288. The number of ether oxygens (including phenoxy) is 1. The number of benzene rings is 1. The lowest BCUT2D eigenvalue weighted by Gasteiger charge is -2.15. The van der Waals surface area contributed by atoms with Gasteiger partial charge in [-0.1, -0.05) is 29.3 Å². The van der Waals surface area contributed by atoms with E-state index in [2.05, 4.69) is 11.2 Å². The molecule has 2 N–H and O–H groups in total. The Kier molecular flexibility index (Phi) is 4.91. The Morgan fingerprint density at radius 1 is 1.38 bits per heavy atom. The van der Waals surface area contributed by atoms with Crippen molar-refractivity contribution in [3.05, 3.63) is 45.7 Å². The molecule has 0 unspecified atom stereocenters. The summed E-state index contributed by atoms with van der Waals surface area (Å²) in [5.74, 6) is 0.799. The van der Waals surface area contributed by atoms with E-state index in [9.17, 15) is 0 Å². The zero-order chi connectivity index (χ0) is 15.6. The van der Waals surface area contributed by atoms with Crippen LogP contribution in [0.5, 0.6) is 5.75 Å². The Bertz CT molecular complexity index is 635. The third-order valence-electron chi connectivity index (χ3n) is 3.47. The Balaban J connectivity index is 2.25. The predicted molar refractivity (Wildman–Crippen MR) is 85.8 cm³/mol. The van der Waals surface area contributed by atoms with Crippen molar-refractivity contribution in [2.24, 2.45) is 5.73 Å². The number of hydrogen-bond donors (Lipinski definition) is 1. The molecule has 0 aliphatic rings. The van der Waals surface area contributed by atoms with E-state index in [0.717, 1.165) is 29.2 Å². The molecule has 0 fully saturated rings. The SMILES string of the molecule is CCn1nc(C)c(Cl)c1COc1ccc(C)cc1[C@H](C)N. The smallest absolute Gasteiger partial charge is 0.131 e. The van der Waals surface area contributed by atoms with Crippen LogP contribution >= 0.6 is 11.6 Å². The maximum Gasteiger partial charge on any atom is 0.131 e. The molecular formula is C16H22ClN3O. The third kappa shape index (κ3) is 3.39. The van der Waals surface area contributed by atoms with Crippen molar-refractivity contribution in [1.82, 2.24) is 9.78 Å². The van der Waals surface area contributed by atoms with Gasteiger partial charge in [0.25, 0.3) is 0 Å². The van der Waals surface area contributed by atoms with Crippen molar-refractivity contribution in [3.63, 3.8) is 0 Å². The second-order valence-corrected chi connectivity index (χ2v) is 5.66. The number of nitrogens with two attached hydrogens (primary N) is 1. The highest BCUT2D eigenvalue weighted by molar-refractivity contribution is 6.31. The fourth-order valence-corrected chi connectivity index (χ4v) is 2.50. The molecular weight excluding hydrogens is 286 g/mol. The lowest BCUT2D eigenvalue weighted by atomic mass is 10.1. The Labute approximate surface area is 130 Å². The highest BCUT2D eigenvalue weighted by Crippen LogP contribution is 2.27. The van der Waals surface area contributed by atoms with E-state index in [1.807, 2.05) is 44.5 Å². The molecule has 1 heterocycles. The van der Waals surface area contributed by atoms with E-state index in [4.69, 9.17) is 22.1 Å². The van der Waals surface area contributed by atoms with Crippen LogP contribution in [0.4, 0.5) is 0 Å². The quantitative estimate of drug-likeness (QED) is 0.914. The molecule has 1 aromatic carbocycles. The molecule has 5 heteroatoms. The van der Waals surface area contributed by atoms with E-state index in [1.165, 1.54) is 5.56 Å². The molecule has 2 aromatic rings. The minimum atomic E-state index is -0.0757. The predicted octanol–water partition coefficient (Wildman–Crippen LogP) is 3.77. The van der Waals surface area contributed by atoms with E-state index >= 15 is 0 Å². The molecule has 21 heavy (non-hydrogen) atoms. The van der Waals surface area contributed by atoms with Crippen LogP contribution in [0.3, 0.4) is 0 Å². The van der Waals surface area contributed by atoms with Crippen molar-refractivity contribution >= 4 is 11.6 Å². The molecule has 1 atom stereocenters. The van der Waals surface area contributed by atoms with E-state index in [1.54, 1.807) is 0 Å². The van der Waals surface area contributed by atoms with Gasteiger partial charge in [-0.2, -0.15) is 5.10 Å². The molecule has 0 aliphatic heterocycles. The second-order valence-electron chi connectivity index (χ2n) is 5.28. The van der Waals surface area contributed by atoms with Crippen molar-refractivity contribution in [1.29, 1.82) is 0 Å². The van der Waals surface area contributed by atoms with Crippen LogP contribution in [0, 0.1) is 13.8 Å². The molecule has 0 amide bonds. The first-order valence-electron chi connectivity index (χ1n) is 7.14. The lowest BCUT2D eigenvalue weighted by Crippen LogP contribution is -2.10. The molecule has 0 saturated heterocycles. The summed E-state index contributed by atoms with van der Waals surface area (Å²) in [5.41, 5.74) is 9.92. The Hall–Kier alpha value is -1.52. The van der Waals surface area contributed by atoms with Crippen molar-refractivity contribution in [2.75, 3.05) is 0 Å². The molecule has 0 saturated carbocycles. The van der Waals surface area contributed by atoms with E-state index in [0.29, 0.717) is 11.6 Å². The number of aryl methyl sites for hydroxylation is 3. The van der Waals surface area contributed by atoms with Crippen molar-refractivity contribution in [3.8, 4) is 5.75 Å². The molecule has 0 bridgehead atoms. The maximum absolute atomic E-state index is 6.30. The van der Waals surface area contributed by atoms with Crippen LogP contribution in [0.2, 0.25) is 5.02 Å². The maximum atomic E-state index is 6.30. The number of aromatic nitrogens is 2. The van der Waals surface area contributed by atoms with Gasteiger partial charge < -0.3 is 10.5 Å². The van der Waals surface area contributed by atoms with Gasteiger partial charge in [0.05, 0.1) is 16.4 Å². The summed E-state index contributed by atoms with van der Waals surface area (Å²) in [6.07, 6.45) is 0. The van der Waals surface area contributed by atoms with Gasteiger partial charge in [-0.3, -0.25) is 4.68 Å². The fourth-order valence-electron chi connectivity index (χ4n) is 2.31. The molecule has 0 radical (unpaired) electrons. The number of hydrogen-bond acceptors (Lipinski definition) is 3. The summed E-state index contributed by atoms with van der Waals surface area (Å²) < 4.78 is 7.82. The molecule has 1 aromatic heterocycles. The van der Waals surface area contributed by atoms with Crippen molar-refractivity contribution < 1.29 is 4.74 Å². The van der Waals surface area contributed by atoms with Gasteiger partial charge in [0.15, 0.2) is 0 Å². The van der Waals surface area contributed by atoms with Gasteiger partial charge in [0.1, 0.15) is 12.4 Å². The third-order valence-corrected chi connectivity index (χ3v) is 3.96. The van der Waals surface area contributed by atoms with Crippen LogP contribution in [-0.2, 0) is 13.2 Å². The van der Waals surface area contributed by atoms with Gasteiger partial charge in [0, 0.05) is 18.2 Å². The summed E-state index contributed by atoms with van der Waals surface area (Å²) in [6.45, 7) is 9.08. The number of halogens is 1. The summed E-state index contributed by atoms with van der Waals surface area (Å²) in [6, 6.07) is 5.96. The molecule has 0 spiro atoms. The van der Waals surface area contributed by atoms with E-state index < -0.39 is 0 Å².